The van der Waals surface area contributed by atoms with Crippen LogP contribution in [0.15, 0.2) is 85.9 Å². The Bertz CT molecular complexity index is 1100. The van der Waals surface area contributed by atoms with Gasteiger partial charge in [-0.1, -0.05) is 18.2 Å². The molecule has 7 nitrogen and oxygen atoms in total. The number of aryl methyl sites for hydroxylation is 1. The number of rotatable bonds is 8. The van der Waals surface area contributed by atoms with Crippen molar-refractivity contribution in [2.75, 3.05) is 6.54 Å². The molecule has 30 heavy (non-hydrogen) atoms. The third-order valence-electron chi connectivity index (χ3n) is 4.56. The normalized spacial score (nSPS) is 11.1. The second-order valence-corrected chi connectivity index (χ2v) is 6.73. The predicted molar refractivity (Wildman–Crippen MR) is 116 cm³/mol. The number of amides is 1. The van der Waals surface area contributed by atoms with Gasteiger partial charge in [0.05, 0.1) is 12.0 Å². The molecule has 0 bridgehead atoms. The lowest BCUT2D eigenvalue weighted by molar-refractivity contribution is -0.116. The van der Waals surface area contributed by atoms with E-state index < -0.39 is 0 Å². The van der Waals surface area contributed by atoms with E-state index in [0.717, 1.165) is 35.5 Å². The van der Waals surface area contributed by atoms with Crippen LogP contribution in [0.25, 0.3) is 23.0 Å². The molecule has 4 aromatic rings. The van der Waals surface area contributed by atoms with E-state index in [1.807, 2.05) is 64.1 Å². The molecule has 7 heteroatoms. The molecular weight excluding hydrogens is 376 g/mol. The van der Waals surface area contributed by atoms with Crippen molar-refractivity contribution in [3.63, 3.8) is 0 Å². The monoisotopic (exact) mass is 398 g/mol. The number of benzene rings is 1. The van der Waals surface area contributed by atoms with Crippen molar-refractivity contribution in [1.29, 1.82) is 0 Å². The highest BCUT2D eigenvalue weighted by Gasteiger charge is 2.11. The van der Waals surface area contributed by atoms with Crippen LogP contribution in [0.3, 0.4) is 0 Å². The summed E-state index contributed by atoms with van der Waals surface area (Å²) >= 11 is 0. The molecule has 0 unspecified atom stereocenters. The average molecular weight is 398 g/mol. The molecule has 0 aliphatic rings. The zero-order valence-electron chi connectivity index (χ0n) is 16.4. The van der Waals surface area contributed by atoms with Crippen molar-refractivity contribution in [3.8, 4) is 16.9 Å². The number of carbonyl (C=O) groups is 1. The number of pyridine rings is 1. The van der Waals surface area contributed by atoms with Crippen molar-refractivity contribution < 1.29 is 4.79 Å². The number of imidazole rings is 1. The van der Waals surface area contributed by atoms with Crippen LogP contribution in [0.2, 0.25) is 0 Å². The fourth-order valence-electron chi connectivity index (χ4n) is 3.07. The Morgan fingerprint density at radius 3 is 2.73 bits per heavy atom. The molecule has 4 rings (SSSR count). The summed E-state index contributed by atoms with van der Waals surface area (Å²) in [6.45, 7) is 1.42. The van der Waals surface area contributed by atoms with Gasteiger partial charge in [-0.2, -0.15) is 5.10 Å². The van der Waals surface area contributed by atoms with Crippen LogP contribution in [-0.2, 0) is 11.3 Å². The molecule has 0 atom stereocenters. The van der Waals surface area contributed by atoms with E-state index in [4.69, 9.17) is 5.10 Å². The summed E-state index contributed by atoms with van der Waals surface area (Å²) in [4.78, 5) is 20.4. The Kier molecular flexibility index (Phi) is 6.10. The zero-order chi connectivity index (χ0) is 20.6. The molecule has 3 aromatic heterocycles. The molecule has 3 heterocycles. The summed E-state index contributed by atoms with van der Waals surface area (Å²) in [5.41, 5.74) is 3.47. The average Bonchev–Trinajstić information content (AvgIpc) is 3.47. The second kappa shape index (κ2) is 9.47. The number of nitrogens with zero attached hydrogens (tertiary/aromatic N) is 5. The molecular formula is C23H22N6O. The van der Waals surface area contributed by atoms with Gasteiger partial charge in [-0.25, -0.2) is 9.67 Å². The van der Waals surface area contributed by atoms with E-state index >= 15 is 0 Å². The first-order chi connectivity index (χ1) is 14.8. The van der Waals surface area contributed by atoms with Gasteiger partial charge in [-0.15, -0.1) is 0 Å². The Hall–Kier alpha value is -4.00. The summed E-state index contributed by atoms with van der Waals surface area (Å²) in [6.07, 6.45) is 15.0. The van der Waals surface area contributed by atoms with Crippen molar-refractivity contribution >= 4 is 12.0 Å². The number of hydrogen-bond acceptors (Lipinski definition) is 4. The van der Waals surface area contributed by atoms with E-state index in [1.54, 1.807) is 37.1 Å². The second-order valence-electron chi connectivity index (χ2n) is 6.73. The third kappa shape index (κ3) is 4.88. The van der Waals surface area contributed by atoms with Crippen molar-refractivity contribution in [3.05, 3.63) is 91.4 Å². The Morgan fingerprint density at radius 1 is 1.07 bits per heavy atom. The summed E-state index contributed by atoms with van der Waals surface area (Å²) in [5.74, 6) is -0.134. The van der Waals surface area contributed by atoms with E-state index in [1.165, 1.54) is 0 Å². The molecule has 0 fully saturated rings. The van der Waals surface area contributed by atoms with Crippen LogP contribution < -0.4 is 5.32 Å². The fourth-order valence-corrected chi connectivity index (χ4v) is 3.07. The minimum absolute atomic E-state index is 0.134. The Labute approximate surface area is 174 Å². The maximum Gasteiger partial charge on any atom is 0.244 e. The minimum Gasteiger partial charge on any atom is -0.352 e. The van der Waals surface area contributed by atoms with Crippen molar-refractivity contribution in [2.45, 2.75) is 13.0 Å². The van der Waals surface area contributed by atoms with E-state index in [-0.39, 0.29) is 5.91 Å². The lowest BCUT2D eigenvalue weighted by Gasteiger charge is -2.03. The van der Waals surface area contributed by atoms with Gasteiger partial charge in [0, 0.05) is 61.3 Å². The highest BCUT2D eigenvalue weighted by molar-refractivity contribution is 5.92. The number of carbonyl (C=O) groups excluding carboxylic acids is 1. The molecule has 0 aliphatic carbocycles. The predicted octanol–water partition coefficient (Wildman–Crippen LogP) is 3.35. The van der Waals surface area contributed by atoms with Gasteiger partial charge in [-0.3, -0.25) is 9.78 Å². The summed E-state index contributed by atoms with van der Waals surface area (Å²) in [6, 6.07) is 13.7. The zero-order valence-corrected chi connectivity index (χ0v) is 16.4. The molecule has 150 valence electrons. The number of para-hydroxylation sites is 1. The van der Waals surface area contributed by atoms with Crippen molar-refractivity contribution in [1.82, 2.24) is 29.6 Å². The van der Waals surface area contributed by atoms with Crippen LogP contribution >= 0.6 is 0 Å². The number of aromatic nitrogens is 5. The maximum atomic E-state index is 12.2. The SMILES string of the molecule is O=C(/C=C/c1cn(-c2ccccc2)nc1-c1cccnc1)NCCCn1ccnc1. The molecule has 0 saturated heterocycles. The van der Waals surface area contributed by atoms with Gasteiger partial charge in [-0.05, 0) is 36.8 Å². The van der Waals surface area contributed by atoms with Crippen LogP contribution in [0, 0.1) is 0 Å². The van der Waals surface area contributed by atoms with Gasteiger partial charge < -0.3 is 9.88 Å². The maximum absolute atomic E-state index is 12.2. The van der Waals surface area contributed by atoms with Gasteiger partial charge >= 0.3 is 0 Å². The fraction of sp³-hybridized carbons (Fsp3) is 0.130. The lowest BCUT2D eigenvalue weighted by atomic mass is 10.1. The highest BCUT2D eigenvalue weighted by Crippen LogP contribution is 2.24. The standard InChI is InChI=1S/C23H22N6O/c30-22(26-12-5-14-28-15-13-25-18-28)10-9-20-17-29(21-7-2-1-3-8-21)27-23(20)19-6-4-11-24-16-19/h1-4,6-11,13,15-18H,5,12,14H2,(H,26,30)/b10-9+. The summed E-state index contributed by atoms with van der Waals surface area (Å²) in [7, 11) is 0. The molecule has 0 saturated carbocycles. The lowest BCUT2D eigenvalue weighted by Crippen LogP contribution is -2.22. The van der Waals surface area contributed by atoms with Crippen LogP contribution in [0.1, 0.15) is 12.0 Å². The third-order valence-corrected chi connectivity index (χ3v) is 4.56. The molecule has 1 N–H and O–H groups in total. The number of hydrogen-bond donors (Lipinski definition) is 1. The Morgan fingerprint density at radius 2 is 1.97 bits per heavy atom. The quantitative estimate of drug-likeness (QED) is 0.365. The topological polar surface area (TPSA) is 77.6 Å². The molecule has 0 aliphatic heterocycles. The van der Waals surface area contributed by atoms with E-state index in [0.29, 0.717) is 6.54 Å². The first-order valence-corrected chi connectivity index (χ1v) is 9.77. The van der Waals surface area contributed by atoms with Crippen LogP contribution in [0.5, 0.6) is 0 Å². The van der Waals surface area contributed by atoms with Gasteiger partial charge in [0.2, 0.25) is 5.91 Å². The minimum atomic E-state index is -0.134. The molecule has 0 radical (unpaired) electrons. The molecule has 1 amide bonds. The first kappa shape index (κ1) is 19.3. The Balaban J connectivity index is 1.46. The van der Waals surface area contributed by atoms with E-state index in [9.17, 15) is 4.79 Å². The summed E-state index contributed by atoms with van der Waals surface area (Å²) in [5, 5.41) is 7.63. The van der Waals surface area contributed by atoms with Gasteiger partial charge in [0.25, 0.3) is 0 Å². The first-order valence-electron chi connectivity index (χ1n) is 9.77. The van der Waals surface area contributed by atoms with Crippen LogP contribution in [-0.4, -0.2) is 36.8 Å². The summed E-state index contributed by atoms with van der Waals surface area (Å²) < 4.78 is 3.80. The largest absolute Gasteiger partial charge is 0.352 e. The smallest absolute Gasteiger partial charge is 0.244 e. The highest BCUT2D eigenvalue weighted by atomic mass is 16.1. The van der Waals surface area contributed by atoms with Gasteiger partial charge in [0.1, 0.15) is 5.69 Å². The van der Waals surface area contributed by atoms with E-state index in [2.05, 4.69) is 15.3 Å². The molecule has 0 spiro atoms. The van der Waals surface area contributed by atoms with Crippen molar-refractivity contribution in [2.24, 2.45) is 0 Å². The molecule has 1 aromatic carbocycles. The van der Waals surface area contributed by atoms with Gasteiger partial charge in [0.15, 0.2) is 0 Å². The number of nitrogens with one attached hydrogen (secondary N) is 1. The van der Waals surface area contributed by atoms with Crippen LogP contribution in [0.4, 0.5) is 0 Å².